The number of nitrogens with zero attached hydrogens (tertiary/aromatic N) is 2. The van der Waals surface area contributed by atoms with E-state index in [9.17, 15) is 9.59 Å². The van der Waals surface area contributed by atoms with Crippen molar-refractivity contribution in [2.75, 3.05) is 32.7 Å². The first-order chi connectivity index (χ1) is 12.9. The standard InChI is InChI=1S/C22H37N3O2/c1-4-24-5-7-25(8-6-24)20(26)19(15(2)3)23-21(27)22-12-16-9-17(13-22)11-18(10-16)14-22/h15-19H,4-14H2,1-3H3,(H,23,27). The number of piperazine rings is 1. The molecule has 1 N–H and O–H groups in total. The Morgan fingerprint density at radius 2 is 1.48 bits per heavy atom. The average molecular weight is 376 g/mol. The molecule has 27 heavy (non-hydrogen) atoms. The van der Waals surface area contributed by atoms with Crippen molar-refractivity contribution in [2.45, 2.75) is 65.3 Å². The highest BCUT2D eigenvalue weighted by atomic mass is 16.2. The van der Waals surface area contributed by atoms with E-state index in [0.29, 0.717) is 0 Å². The van der Waals surface area contributed by atoms with E-state index in [2.05, 4.69) is 31.0 Å². The quantitative estimate of drug-likeness (QED) is 0.803. The fourth-order valence-electron chi connectivity index (χ4n) is 6.68. The molecule has 2 amide bonds. The van der Waals surface area contributed by atoms with Gasteiger partial charge < -0.3 is 15.1 Å². The second-order valence-electron chi connectivity index (χ2n) is 10.2. The number of carbonyl (C=O) groups is 2. The van der Waals surface area contributed by atoms with E-state index < -0.39 is 0 Å². The van der Waals surface area contributed by atoms with E-state index in [1.165, 1.54) is 19.3 Å². The van der Waals surface area contributed by atoms with Crippen LogP contribution in [0.5, 0.6) is 0 Å². The summed E-state index contributed by atoms with van der Waals surface area (Å²) in [7, 11) is 0. The third-order valence-electron chi connectivity index (χ3n) is 7.87. The van der Waals surface area contributed by atoms with Crippen LogP contribution in [0.3, 0.4) is 0 Å². The van der Waals surface area contributed by atoms with Crippen molar-refractivity contribution in [3.05, 3.63) is 0 Å². The van der Waals surface area contributed by atoms with Gasteiger partial charge in [-0.2, -0.15) is 0 Å². The number of rotatable bonds is 5. The SMILES string of the molecule is CCN1CCN(C(=O)C(NC(=O)C23CC4CC(CC(C4)C2)C3)C(C)C)CC1. The summed E-state index contributed by atoms with van der Waals surface area (Å²) in [5.74, 6) is 2.67. The van der Waals surface area contributed by atoms with E-state index in [1.807, 2.05) is 4.90 Å². The highest BCUT2D eigenvalue weighted by Gasteiger charge is 2.55. The molecule has 4 bridgehead atoms. The van der Waals surface area contributed by atoms with E-state index in [-0.39, 0.29) is 29.2 Å². The first-order valence-electron chi connectivity index (χ1n) is 11.2. The van der Waals surface area contributed by atoms with Crippen LogP contribution < -0.4 is 5.32 Å². The summed E-state index contributed by atoms with van der Waals surface area (Å²) in [5.41, 5.74) is -0.178. The predicted octanol–water partition coefficient (Wildman–Crippen LogP) is 2.51. The molecule has 0 aromatic carbocycles. The van der Waals surface area contributed by atoms with Crippen molar-refractivity contribution >= 4 is 11.8 Å². The normalized spacial score (nSPS) is 36.9. The van der Waals surface area contributed by atoms with Crippen LogP contribution in [0.2, 0.25) is 0 Å². The van der Waals surface area contributed by atoms with Gasteiger partial charge in [0.15, 0.2) is 0 Å². The summed E-state index contributed by atoms with van der Waals surface area (Å²) >= 11 is 0. The van der Waals surface area contributed by atoms with E-state index in [4.69, 9.17) is 0 Å². The molecule has 4 saturated carbocycles. The molecule has 1 saturated heterocycles. The number of likely N-dealkylation sites (N-methyl/N-ethyl adjacent to an activating group) is 1. The lowest BCUT2D eigenvalue weighted by atomic mass is 9.49. The van der Waals surface area contributed by atoms with Crippen LogP contribution in [-0.4, -0.2) is 60.4 Å². The van der Waals surface area contributed by atoms with Gasteiger partial charge in [-0.25, -0.2) is 0 Å². The lowest BCUT2D eigenvalue weighted by Crippen LogP contribution is -2.60. The van der Waals surface area contributed by atoms with Gasteiger partial charge >= 0.3 is 0 Å². The molecule has 152 valence electrons. The van der Waals surface area contributed by atoms with Gasteiger partial charge in [0.2, 0.25) is 11.8 Å². The predicted molar refractivity (Wildman–Crippen MR) is 106 cm³/mol. The molecule has 0 aromatic rings. The largest absolute Gasteiger partial charge is 0.344 e. The molecule has 1 atom stereocenters. The molecule has 0 radical (unpaired) electrons. The van der Waals surface area contributed by atoms with Crippen molar-refractivity contribution < 1.29 is 9.59 Å². The number of nitrogens with one attached hydrogen (secondary N) is 1. The molecule has 5 rings (SSSR count). The second-order valence-corrected chi connectivity index (χ2v) is 10.2. The Labute approximate surface area is 164 Å². The lowest BCUT2D eigenvalue weighted by molar-refractivity contribution is -0.151. The van der Waals surface area contributed by atoms with Gasteiger partial charge in [-0.1, -0.05) is 20.8 Å². The smallest absolute Gasteiger partial charge is 0.245 e. The molecule has 1 aliphatic heterocycles. The van der Waals surface area contributed by atoms with Gasteiger partial charge in [0.1, 0.15) is 6.04 Å². The maximum absolute atomic E-state index is 13.4. The van der Waals surface area contributed by atoms with Gasteiger partial charge in [0.25, 0.3) is 0 Å². The molecule has 5 nitrogen and oxygen atoms in total. The Kier molecular flexibility index (Phi) is 5.26. The number of amides is 2. The van der Waals surface area contributed by atoms with Gasteiger partial charge in [0.05, 0.1) is 0 Å². The molecule has 0 aromatic heterocycles. The molecule has 5 aliphatic rings. The summed E-state index contributed by atoms with van der Waals surface area (Å²) in [6.45, 7) is 10.8. The minimum absolute atomic E-state index is 0.124. The van der Waals surface area contributed by atoms with Crippen molar-refractivity contribution in [3.8, 4) is 0 Å². The Hall–Kier alpha value is -1.10. The number of hydrogen-bond acceptors (Lipinski definition) is 3. The molecule has 1 heterocycles. The van der Waals surface area contributed by atoms with E-state index >= 15 is 0 Å². The second kappa shape index (κ2) is 7.38. The fourth-order valence-corrected chi connectivity index (χ4v) is 6.68. The molecule has 5 fully saturated rings. The average Bonchev–Trinajstić information content (AvgIpc) is 2.64. The first kappa shape index (κ1) is 19.2. The fraction of sp³-hybridized carbons (Fsp3) is 0.909. The van der Waals surface area contributed by atoms with Gasteiger partial charge in [-0.15, -0.1) is 0 Å². The lowest BCUT2D eigenvalue weighted by Gasteiger charge is -2.56. The van der Waals surface area contributed by atoms with Crippen molar-refractivity contribution in [3.63, 3.8) is 0 Å². The van der Waals surface area contributed by atoms with Crippen LogP contribution >= 0.6 is 0 Å². The van der Waals surface area contributed by atoms with Crippen molar-refractivity contribution in [2.24, 2.45) is 29.1 Å². The molecular formula is C22H37N3O2. The maximum Gasteiger partial charge on any atom is 0.245 e. The highest BCUT2D eigenvalue weighted by Crippen LogP contribution is 2.60. The van der Waals surface area contributed by atoms with E-state index in [1.54, 1.807) is 0 Å². The third-order valence-corrected chi connectivity index (χ3v) is 7.87. The Balaban J connectivity index is 1.42. The van der Waals surface area contributed by atoms with Crippen molar-refractivity contribution in [1.82, 2.24) is 15.1 Å². The molecule has 0 spiro atoms. The molecular weight excluding hydrogens is 338 g/mol. The van der Waals surface area contributed by atoms with Gasteiger partial charge in [-0.05, 0) is 68.7 Å². The van der Waals surface area contributed by atoms with E-state index in [0.717, 1.165) is 69.7 Å². The molecule has 4 aliphatic carbocycles. The highest BCUT2D eigenvalue weighted by molar-refractivity contribution is 5.90. The summed E-state index contributed by atoms with van der Waals surface area (Å²) in [6, 6.07) is -0.376. The number of carbonyl (C=O) groups excluding carboxylic acids is 2. The van der Waals surface area contributed by atoms with Crippen LogP contribution in [0, 0.1) is 29.1 Å². The van der Waals surface area contributed by atoms with Gasteiger partial charge in [0, 0.05) is 31.6 Å². The van der Waals surface area contributed by atoms with Crippen LogP contribution in [0.25, 0.3) is 0 Å². The number of hydrogen-bond donors (Lipinski definition) is 1. The van der Waals surface area contributed by atoms with Crippen LogP contribution in [0.15, 0.2) is 0 Å². The Morgan fingerprint density at radius 3 is 1.93 bits per heavy atom. The Bertz CT molecular complexity index is 545. The summed E-state index contributed by atoms with van der Waals surface area (Å²) in [5, 5.41) is 3.25. The molecule has 5 heteroatoms. The first-order valence-corrected chi connectivity index (χ1v) is 11.2. The Morgan fingerprint density at radius 1 is 0.963 bits per heavy atom. The third kappa shape index (κ3) is 3.64. The van der Waals surface area contributed by atoms with Crippen LogP contribution in [-0.2, 0) is 9.59 Å². The zero-order valence-electron chi connectivity index (χ0n) is 17.4. The van der Waals surface area contributed by atoms with Crippen LogP contribution in [0.1, 0.15) is 59.3 Å². The minimum Gasteiger partial charge on any atom is -0.344 e. The summed E-state index contributed by atoms with van der Waals surface area (Å²) in [4.78, 5) is 30.9. The maximum atomic E-state index is 13.4. The summed E-state index contributed by atoms with van der Waals surface area (Å²) < 4.78 is 0. The zero-order valence-corrected chi connectivity index (χ0v) is 17.4. The van der Waals surface area contributed by atoms with Crippen LogP contribution in [0.4, 0.5) is 0 Å². The topological polar surface area (TPSA) is 52.6 Å². The minimum atomic E-state index is -0.376. The monoisotopic (exact) mass is 375 g/mol. The zero-order chi connectivity index (χ0) is 19.2. The van der Waals surface area contributed by atoms with Crippen molar-refractivity contribution in [1.29, 1.82) is 0 Å². The summed E-state index contributed by atoms with van der Waals surface area (Å²) in [6.07, 6.45) is 7.17. The molecule has 1 unspecified atom stereocenters. The van der Waals surface area contributed by atoms with Gasteiger partial charge in [-0.3, -0.25) is 9.59 Å².